The van der Waals surface area contributed by atoms with Gasteiger partial charge >= 0.3 is 0 Å². The number of fused-ring (bicyclic) bond motifs is 4. The van der Waals surface area contributed by atoms with Crippen LogP contribution in [0.5, 0.6) is 5.75 Å². The molecule has 3 aliphatic rings. The molecule has 1 aliphatic carbocycles. The molecule has 1 fully saturated rings. The average molecular weight is 486 g/mol. The number of nitrogens with zero attached hydrogens (tertiary/aromatic N) is 1. The lowest BCUT2D eigenvalue weighted by Gasteiger charge is -2.31. The van der Waals surface area contributed by atoms with Crippen molar-refractivity contribution in [2.75, 3.05) is 18.4 Å². The van der Waals surface area contributed by atoms with Gasteiger partial charge in [-0.15, -0.1) is 0 Å². The Kier molecular flexibility index (Phi) is 5.78. The molecule has 3 heterocycles. The topological polar surface area (TPSA) is 91.5 Å². The van der Waals surface area contributed by atoms with Gasteiger partial charge in [-0.05, 0) is 87.4 Å². The summed E-state index contributed by atoms with van der Waals surface area (Å²) in [6.45, 7) is 2.81. The third-order valence-corrected chi connectivity index (χ3v) is 7.94. The molecule has 1 aromatic heterocycles. The first-order valence-electron chi connectivity index (χ1n) is 13.1. The van der Waals surface area contributed by atoms with E-state index < -0.39 is 6.10 Å². The third kappa shape index (κ3) is 4.06. The van der Waals surface area contributed by atoms with Crippen LogP contribution < -0.4 is 10.1 Å². The fourth-order valence-electron chi connectivity index (χ4n) is 5.84. The van der Waals surface area contributed by atoms with Crippen molar-refractivity contribution in [3.63, 3.8) is 0 Å². The maximum atomic E-state index is 13.3. The Morgan fingerprint density at radius 2 is 1.75 bits per heavy atom. The molecule has 2 aromatic carbocycles. The summed E-state index contributed by atoms with van der Waals surface area (Å²) in [5.74, 6) is 0.306. The molecule has 36 heavy (non-hydrogen) atoms. The van der Waals surface area contributed by atoms with Gasteiger partial charge in [0.15, 0.2) is 11.9 Å². The van der Waals surface area contributed by atoms with E-state index in [2.05, 4.69) is 16.4 Å². The number of anilines is 1. The monoisotopic (exact) mass is 485 g/mol. The van der Waals surface area contributed by atoms with Crippen molar-refractivity contribution >= 4 is 34.2 Å². The normalized spacial score (nSPS) is 20.2. The number of amides is 2. The number of carbonyl (C=O) groups is 3. The lowest BCUT2D eigenvalue weighted by atomic mass is 9.88. The summed E-state index contributed by atoms with van der Waals surface area (Å²) in [6, 6.07) is 11.2. The number of nitrogens with one attached hydrogen (secondary N) is 2. The molecule has 0 radical (unpaired) electrons. The van der Waals surface area contributed by atoms with Crippen molar-refractivity contribution in [3.8, 4) is 5.75 Å². The molecule has 3 aromatic rings. The highest BCUT2D eigenvalue weighted by Crippen LogP contribution is 2.33. The maximum Gasteiger partial charge on any atom is 0.265 e. The maximum absolute atomic E-state index is 13.3. The molecule has 2 aliphatic heterocycles. The summed E-state index contributed by atoms with van der Waals surface area (Å²) in [5.41, 5.74) is 5.64. The van der Waals surface area contributed by atoms with Gasteiger partial charge in [-0.2, -0.15) is 0 Å². The van der Waals surface area contributed by atoms with Crippen LogP contribution in [0.4, 0.5) is 5.69 Å². The standard InChI is InChI=1S/C29H31N3O4/c1-17-28(34)31-25-16-19(8-10-26(25)36-17)27(33)18-11-13-32(14-12-18)29(35)20-7-9-24-22(15-20)21-5-3-2-4-6-23(21)30-24/h7-10,15-18,30H,2-6,11-14H2,1H3,(H,31,34). The summed E-state index contributed by atoms with van der Waals surface area (Å²) in [4.78, 5) is 43.9. The zero-order chi connectivity index (χ0) is 24.8. The molecule has 1 atom stereocenters. The minimum atomic E-state index is -0.547. The molecule has 0 saturated carbocycles. The molecule has 0 spiro atoms. The number of hydrogen-bond donors (Lipinski definition) is 2. The number of aryl methyl sites for hydroxylation is 2. The van der Waals surface area contributed by atoms with E-state index in [1.54, 1.807) is 25.1 Å². The van der Waals surface area contributed by atoms with Crippen LogP contribution in [0.25, 0.3) is 10.9 Å². The van der Waals surface area contributed by atoms with E-state index in [-0.39, 0.29) is 23.5 Å². The summed E-state index contributed by atoms with van der Waals surface area (Å²) in [6.07, 6.45) is 6.52. The molecule has 1 unspecified atom stereocenters. The van der Waals surface area contributed by atoms with E-state index in [1.807, 2.05) is 17.0 Å². The van der Waals surface area contributed by atoms with Crippen molar-refractivity contribution < 1.29 is 19.1 Å². The zero-order valence-corrected chi connectivity index (χ0v) is 20.6. The Labute approximate surface area is 210 Å². The predicted octanol–water partition coefficient (Wildman–Crippen LogP) is 4.89. The summed E-state index contributed by atoms with van der Waals surface area (Å²) < 4.78 is 5.60. The second kappa shape index (κ2) is 9.12. The number of H-pyrrole nitrogens is 1. The van der Waals surface area contributed by atoms with E-state index in [0.29, 0.717) is 42.9 Å². The van der Waals surface area contributed by atoms with Gasteiger partial charge in [0.25, 0.3) is 11.8 Å². The van der Waals surface area contributed by atoms with E-state index >= 15 is 0 Å². The van der Waals surface area contributed by atoms with E-state index in [1.165, 1.54) is 35.9 Å². The van der Waals surface area contributed by atoms with Crippen LogP contribution >= 0.6 is 0 Å². The second-order valence-electron chi connectivity index (χ2n) is 10.3. The average Bonchev–Trinajstić information content (AvgIpc) is 3.07. The molecule has 7 nitrogen and oxygen atoms in total. The fraction of sp³-hybridized carbons (Fsp3) is 0.414. The van der Waals surface area contributed by atoms with E-state index in [9.17, 15) is 14.4 Å². The summed E-state index contributed by atoms with van der Waals surface area (Å²) >= 11 is 0. The molecular weight excluding hydrogens is 454 g/mol. The van der Waals surface area contributed by atoms with Crippen molar-refractivity contribution in [2.24, 2.45) is 5.92 Å². The number of piperidine rings is 1. The molecule has 0 bridgehead atoms. The molecule has 7 heteroatoms. The van der Waals surface area contributed by atoms with Gasteiger partial charge in [-0.3, -0.25) is 14.4 Å². The first-order chi connectivity index (χ1) is 17.5. The van der Waals surface area contributed by atoms with Crippen LogP contribution in [-0.4, -0.2) is 46.7 Å². The number of carbonyl (C=O) groups excluding carboxylic acids is 3. The van der Waals surface area contributed by atoms with Crippen LogP contribution in [0.2, 0.25) is 0 Å². The van der Waals surface area contributed by atoms with Crippen LogP contribution in [-0.2, 0) is 17.6 Å². The Balaban J connectivity index is 1.13. The second-order valence-corrected chi connectivity index (χ2v) is 10.3. The summed E-state index contributed by atoms with van der Waals surface area (Å²) in [5, 5.41) is 3.99. The highest BCUT2D eigenvalue weighted by atomic mass is 16.5. The van der Waals surface area contributed by atoms with Gasteiger partial charge in [0.05, 0.1) is 5.69 Å². The number of aromatic nitrogens is 1. The Morgan fingerprint density at radius 1 is 0.972 bits per heavy atom. The number of ether oxygens (including phenoxy) is 1. The lowest BCUT2D eigenvalue weighted by Crippen LogP contribution is -2.40. The quantitative estimate of drug-likeness (QED) is 0.408. The number of ketones is 1. The molecule has 2 N–H and O–H groups in total. The van der Waals surface area contributed by atoms with Gasteiger partial charge in [-0.25, -0.2) is 0 Å². The van der Waals surface area contributed by atoms with E-state index in [0.717, 1.165) is 23.9 Å². The Bertz CT molecular complexity index is 1370. The van der Waals surface area contributed by atoms with Crippen LogP contribution in [0.1, 0.15) is 71.0 Å². The largest absolute Gasteiger partial charge is 0.479 e. The predicted molar refractivity (Wildman–Crippen MR) is 138 cm³/mol. The minimum absolute atomic E-state index is 0.0362. The minimum Gasteiger partial charge on any atom is -0.479 e. The number of Topliss-reactive ketones (excluding diaryl/α,β-unsaturated/α-hetero) is 1. The molecular formula is C29H31N3O4. The van der Waals surface area contributed by atoms with Gasteiger partial charge < -0.3 is 19.9 Å². The number of benzene rings is 2. The number of aromatic amines is 1. The SMILES string of the molecule is CC1Oc2ccc(C(=O)C3CCN(C(=O)c4ccc5[nH]c6c(c5c4)CCCCC6)CC3)cc2NC1=O. The van der Waals surface area contributed by atoms with Crippen molar-refractivity contribution in [2.45, 2.75) is 58.0 Å². The van der Waals surface area contributed by atoms with Crippen molar-refractivity contribution in [1.29, 1.82) is 0 Å². The van der Waals surface area contributed by atoms with Crippen molar-refractivity contribution in [1.82, 2.24) is 9.88 Å². The fourth-order valence-corrected chi connectivity index (χ4v) is 5.84. The van der Waals surface area contributed by atoms with Crippen LogP contribution in [0.15, 0.2) is 36.4 Å². The Hall–Kier alpha value is -3.61. The molecule has 6 rings (SSSR count). The highest BCUT2D eigenvalue weighted by molar-refractivity contribution is 6.03. The van der Waals surface area contributed by atoms with Gasteiger partial charge in [-0.1, -0.05) is 6.42 Å². The zero-order valence-electron chi connectivity index (χ0n) is 20.6. The number of likely N-dealkylation sites (tertiary alicyclic amines) is 1. The number of hydrogen-bond acceptors (Lipinski definition) is 4. The first-order valence-corrected chi connectivity index (χ1v) is 13.1. The third-order valence-electron chi connectivity index (χ3n) is 7.94. The highest BCUT2D eigenvalue weighted by Gasteiger charge is 2.30. The van der Waals surface area contributed by atoms with Gasteiger partial charge in [0, 0.05) is 46.7 Å². The molecule has 2 amide bonds. The Morgan fingerprint density at radius 3 is 2.58 bits per heavy atom. The van der Waals surface area contributed by atoms with Crippen LogP contribution in [0.3, 0.4) is 0 Å². The van der Waals surface area contributed by atoms with Gasteiger partial charge in [0.2, 0.25) is 0 Å². The molecule has 1 saturated heterocycles. The lowest BCUT2D eigenvalue weighted by molar-refractivity contribution is -0.122. The smallest absolute Gasteiger partial charge is 0.265 e. The number of rotatable bonds is 3. The van der Waals surface area contributed by atoms with Gasteiger partial charge in [0.1, 0.15) is 5.75 Å². The summed E-state index contributed by atoms with van der Waals surface area (Å²) in [7, 11) is 0. The van der Waals surface area contributed by atoms with E-state index in [4.69, 9.17) is 4.74 Å². The molecule has 186 valence electrons. The van der Waals surface area contributed by atoms with Crippen LogP contribution in [0, 0.1) is 5.92 Å². The van der Waals surface area contributed by atoms with Crippen molar-refractivity contribution in [3.05, 3.63) is 58.8 Å². The first kappa shape index (κ1) is 22.8.